The highest BCUT2D eigenvalue weighted by Gasteiger charge is 2.20. The molecule has 1 rings (SSSR count). The minimum absolute atomic E-state index is 0.116. The van der Waals surface area contributed by atoms with Crippen LogP contribution in [0, 0.1) is 0 Å². The Bertz CT molecular complexity index is 362. The summed E-state index contributed by atoms with van der Waals surface area (Å²) >= 11 is 0. The molecule has 0 spiro atoms. The number of hydrogen-bond acceptors (Lipinski definition) is 2. The van der Waals surface area contributed by atoms with Gasteiger partial charge >= 0.3 is 0 Å². The lowest BCUT2D eigenvalue weighted by molar-refractivity contribution is 0.491. The summed E-state index contributed by atoms with van der Waals surface area (Å²) in [5.74, 6) is 0. The molecule has 0 bridgehead atoms. The molecule has 0 fully saturated rings. The van der Waals surface area contributed by atoms with Gasteiger partial charge in [0.05, 0.1) is 7.80 Å². The van der Waals surface area contributed by atoms with Crippen molar-refractivity contribution in [3.8, 4) is 0 Å². The molecule has 1 aromatic rings. The monoisotopic (exact) mass is 232 g/mol. The van der Waals surface area contributed by atoms with E-state index in [0.717, 1.165) is 0 Å². The van der Waals surface area contributed by atoms with Gasteiger partial charge in [-0.15, -0.1) is 0 Å². The summed E-state index contributed by atoms with van der Waals surface area (Å²) in [6, 6.07) is 8.52. The second-order valence-corrected chi connectivity index (χ2v) is 7.48. The normalized spacial score (nSPS) is 17.3. The lowest BCUT2D eigenvalue weighted by Gasteiger charge is -2.10. The zero-order valence-electron chi connectivity index (χ0n) is 8.01. The highest BCUT2D eigenvalue weighted by Crippen LogP contribution is 2.40. The number of rotatable bonds is 4. The third-order valence-electron chi connectivity index (χ3n) is 1.93. The molecule has 1 aromatic carbocycles. The Labute approximate surface area is 84.4 Å². The van der Waals surface area contributed by atoms with E-state index in [-0.39, 0.29) is 6.16 Å². The van der Waals surface area contributed by atoms with Gasteiger partial charge in [0, 0.05) is 17.6 Å². The fourth-order valence-corrected chi connectivity index (χ4v) is 4.47. The van der Waals surface area contributed by atoms with Crippen LogP contribution >= 0.6 is 15.2 Å². The molecule has 2 unspecified atom stereocenters. The SMILES string of the molecule is C[PH](=O)CCP(=O)(O)c1ccccc1. The Kier molecular flexibility index (Phi) is 4.12. The predicted octanol–water partition coefficient (Wildman–Crippen LogP) is 1.77. The van der Waals surface area contributed by atoms with E-state index < -0.39 is 15.2 Å². The molecule has 14 heavy (non-hydrogen) atoms. The van der Waals surface area contributed by atoms with Gasteiger partial charge in [-0.05, 0) is 18.8 Å². The van der Waals surface area contributed by atoms with Crippen LogP contribution in [0.1, 0.15) is 0 Å². The molecule has 1 N–H and O–H groups in total. The standard InChI is InChI=1S/C9H14O3P2/c1-13(10)7-8-14(11,12)9-5-3-2-4-6-9/h2-6,13H,7-8H2,1H3,(H,11,12). The van der Waals surface area contributed by atoms with Gasteiger partial charge in [-0.1, -0.05) is 18.2 Å². The maximum Gasteiger partial charge on any atom is 0.230 e. The maximum atomic E-state index is 11.8. The summed E-state index contributed by atoms with van der Waals surface area (Å²) in [6.45, 7) is 1.61. The van der Waals surface area contributed by atoms with E-state index >= 15 is 0 Å². The fourth-order valence-electron chi connectivity index (χ4n) is 1.10. The second-order valence-electron chi connectivity index (χ2n) is 3.21. The quantitative estimate of drug-likeness (QED) is 0.805. The van der Waals surface area contributed by atoms with E-state index in [1.807, 2.05) is 0 Å². The van der Waals surface area contributed by atoms with Gasteiger partial charge in [-0.2, -0.15) is 0 Å². The first-order valence-electron chi connectivity index (χ1n) is 4.39. The summed E-state index contributed by atoms with van der Waals surface area (Å²) < 4.78 is 22.6. The van der Waals surface area contributed by atoms with Crippen molar-refractivity contribution in [1.82, 2.24) is 0 Å². The Morgan fingerprint density at radius 2 is 1.93 bits per heavy atom. The largest absolute Gasteiger partial charge is 0.341 e. The molecule has 0 aliphatic rings. The van der Waals surface area contributed by atoms with Crippen molar-refractivity contribution in [2.45, 2.75) is 0 Å². The third-order valence-corrected chi connectivity index (χ3v) is 5.24. The molecule has 0 saturated carbocycles. The molecule has 0 saturated heterocycles. The summed E-state index contributed by atoms with van der Waals surface area (Å²) in [7, 11) is -4.93. The average molecular weight is 232 g/mol. The van der Waals surface area contributed by atoms with Crippen LogP contribution in [-0.2, 0) is 9.13 Å². The molecule has 0 radical (unpaired) electrons. The van der Waals surface area contributed by atoms with Crippen LogP contribution in [0.5, 0.6) is 0 Å². The van der Waals surface area contributed by atoms with E-state index in [2.05, 4.69) is 0 Å². The van der Waals surface area contributed by atoms with Crippen LogP contribution in [0.2, 0.25) is 0 Å². The molecule has 0 aromatic heterocycles. The molecular formula is C9H14O3P2. The summed E-state index contributed by atoms with van der Waals surface area (Å²) in [5, 5.41) is 0.447. The van der Waals surface area contributed by atoms with Crippen LogP contribution in [-0.4, -0.2) is 23.9 Å². The van der Waals surface area contributed by atoms with Crippen molar-refractivity contribution in [2.75, 3.05) is 19.0 Å². The lowest BCUT2D eigenvalue weighted by atomic mass is 10.4. The summed E-state index contributed by atoms with van der Waals surface area (Å²) in [5.41, 5.74) is 0. The summed E-state index contributed by atoms with van der Waals surface area (Å²) in [4.78, 5) is 9.67. The summed E-state index contributed by atoms with van der Waals surface area (Å²) in [6.07, 6.45) is 0.457. The van der Waals surface area contributed by atoms with Crippen molar-refractivity contribution in [2.24, 2.45) is 0 Å². The van der Waals surface area contributed by atoms with Crippen LogP contribution in [0.4, 0.5) is 0 Å². The molecule has 3 nitrogen and oxygen atoms in total. The van der Waals surface area contributed by atoms with Gasteiger partial charge in [-0.25, -0.2) is 0 Å². The van der Waals surface area contributed by atoms with Gasteiger partial charge in [0.15, 0.2) is 0 Å². The van der Waals surface area contributed by atoms with Gasteiger partial charge in [0.1, 0.15) is 0 Å². The molecule has 0 aliphatic heterocycles. The molecule has 78 valence electrons. The molecule has 0 amide bonds. The van der Waals surface area contributed by atoms with Gasteiger partial charge in [0.25, 0.3) is 0 Å². The molecular weight excluding hydrogens is 218 g/mol. The van der Waals surface area contributed by atoms with Crippen molar-refractivity contribution < 1.29 is 14.0 Å². The van der Waals surface area contributed by atoms with Crippen LogP contribution in [0.25, 0.3) is 0 Å². The smallest absolute Gasteiger partial charge is 0.230 e. The Balaban J connectivity index is 2.76. The molecule has 5 heteroatoms. The van der Waals surface area contributed by atoms with Gasteiger partial charge in [0.2, 0.25) is 7.37 Å². The van der Waals surface area contributed by atoms with Gasteiger partial charge < -0.3 is 9.46 Å². The predicted molar refractivity (Wildman–Crippen MR) is 60.6 cm³/mol. The topological polar surface area (TPSA) is 54.4 Å². The van der Waals surface area contributed by atoms with Crippen LogP contribution < -0.4 is 5.30 Å². The van der Waals surface area contributed by atoms with E-state index in [1.54, 1.807) is 37.0 Å². The lowest BCUT2D eigenvalue weighted by Crippen LogP contribution is -2.07. The maximum absolute atomic E-state index is 11.8. The van der Waals surface area contributed by atoms with Crippen LogP contribution in [0.3, 0.4) is 0 Å². The van der Waals surface area contributed by atoms with E-state index in [1.165, 1.54) is 0 Å². The minimum atomic E-state index is -3.27. The highest BCUT2D eigenvalue weighted by atomic mass is 31.2. The first-order chi connectivity index (χ1) is 6.52. The van der Waals surface area contributed by atoms with Gasteiger partial charge in [-0.3, -0.25) is 4.57 Å². The van der Waals surface area contributed by atoms with Crippen molar-refractivity contribution in [3.63, 3.8) is 0 Å². The fraction of sp³-hybridized carbons (Fsp3) is 0.333. The number of hydrogen-bond donors (Lipinski definition) is 1. The van der Waals surface area contributed by atoms with Crippen molar-refractivity contribution in [3.05, 3.63) is 30.3 Å². The molecule has 2 atom stereocenters. The van der Waals surface area contributed by atoms with Crippen LogP contribution in [0.15, 0.2) is 30.3 Å². The first kappa shape index (κ1) is 11.7. The molecule has 0 heterocycles. The number of benzene rings is 1. The van der Waals surface area contributed by atoms with E-state index in [0.29, 0.717) is 11.5 Å². The first-order valence-corrected chi connectivity index (χ1v) is 8.35. The Hall–Kier alpha value is -0.360. The van der Waals surface area contributed by atoms with Crippen molar-refractivity contribution in [1.29, 1.82) is 0 Å². The minimum Gasteiger partial charge on any atom is -0.341 e. The van der Waals surface area contributed by atoms with E-state index in [4.69, 9.17) is 0 Å². The zero-order valence-corrected chi connectivity index (χ0v) is 9.91. The highest BCUT2D eigenvalue weighted by molar-refractivity contribution is 7.66. The van der Waals surface area contributed by atoms with E-state index in [9.17, 15) is 14.0 Å². The van der Waals surface area contributed by atoms with Crippen molar-refractivity contribution >= 4 is 20.5 Å². The Morgan fingerprint density at radius 3 is 2.43 bits per heavy atom. The average Bonchev–Trinajstić information content (AvgIpc) is 2.16. The molecule has 0 aliphatic carbocycles. The zero-order chi connectivity index (χ0) is 10.6. The second kappa shape index (κ2) is 4.93. The Morgan fingerprint density at radius 1 is 1.36 bits per heavy atom. The third kappa shape index (κ3) is 3.42.